The summed E-state index contributed by atoms with van der Waals surface area (Å²) in [7, 11) is 0. The second kappa shape index (κ2) is 4.37. The number of rotatable bonds is 1. The summed E-state index contributed by atoms with van der Waals surface area (Å²) in [5, 5.41) is 8.68. The molecule has 2 heterocycles. The minimum atomic E-state index is -2.81. The number of halogens is 3. The molecule has 2 aromatic heterocycles. The smallest absolute Gasteiger partial charge is 0.268 e. The molecule has 2 aromatic rings. The SMILES string of the molecule is N#Cc1ccn2c(=O)c(I)c(C(F)F)nc2c1. The molecule has 0 fully saturated rings. The highest BCUT2D eigenvalue weighted by Crippen LogP contribution is 2.20. The number of nitrogens with zero attached hydrogens (tertiary/aromatic N) is 3. The van der Waals surface area contributed by atoms with E-state index < -0.39 is 17.7 Å². The number of aromatic nitrogens is 2. The van der Waals surface area contributed by atoms with E-state index >= 15 is 0 Å². The van der Waals surface area contributed by atoms with Crippen molar-refractivity contribution in [2.24, 2.45) is 0 Å². The van der Waals surface area contributed by atoms with Gasteiger partial charge in [0.05, 0.1) is 11.6 Å². The fraction of sp³-hybridized carbons (Fsp3) is 0.100. The molecule has 4 nitrogen and oxygen atoms in total. The molecular weight excluding hydrogens is 343 g/mol. The van der Waals surface area contributed by atoms with Crippen molar-refractivity contribution in [3.63, 3.8) is 0 Å². The monoisotopic (exact) mass is 347 g/mol. The Morgan fingerprint density at radius 1 is 1.53 bits per heavy atom. The Morgan fingerprint density at radius 2 is 2.24 bits per heavy atom. The first-order chi connectivity index (χ1) is 8.04. The van der Waals surface area contributed by atoms with Gasteiger partial charge in [-0.15, -0.1) is 0 Å². The molecule has 0 aliphatic heterocycles. The summed E-state index contributed by atoms with van der Waals surface area (Å²) in [6.45, 7) is 0. The van der Waals surface area contributed by atoms with Gasteiger partial charge in [0.2, 0.25) is 0 Å². The van der Waals surface area contributed by atoms with E-state index in [2.05, 4.69) is 4.98 Å². The van der Waals surface area contributed by atoms with E-state index in [1.807, 2.05) is 6.07 Å². The van der Waals surface area contributed by atoms with Crippen molar-refractivity contribution in [3.8, 4) is 6.07 Å². The lowest BCUT2D eigenvalue weighted by Gasteiger charge is -2.05. The van der Waals surface area contributed by atoms with Crippen molar-refractivity contribution in [1.82, 2.24) is 9.38 Å². The number of nitriles is 1. The Morgan fingerprint density at radius 3 is 2.82 bits per heavy atom. The van der Waals surface area contributed by atoms with Crippen LogP contribution in [0.4, 0.5) is 8.78 Å². The molecule has 0 saturated heterocycles. The summed E-state index contributed by atoms with van der Waals surface area (Å²) in [6.07, 6.45) is -1.47. The molecule has 0 radical (unpaired) electrons. The number of hydrogen-bond donors (Lipinski definition) is 0. The lowest BCUT2D eigenvalue weighted by atomic mass is 10.3. The maximum atomic E-state index is 12.6. The van der Waals surface area contributed by atoms with Crippen LogP contribution in [0.2, 0.25) is 0 Å². The molecule has 0 spiro atoms. The van der Waals surface area contributed by atoms with E-state index in [1.54, 1.807) is 22.6 Å². The summed E-state index contributed by atoms with van der Waals surface area (Å²) >= 11 is 1.55. The molecule has 0 aliphatic rings. The molecule has 0 aliphatic carbocycles. The van der Waals surface area contributed by atoms with Crippen LogP contribution in [0.1, 0.15) is 17.7 Å². The molecule has 0 N–H and O–H groups in total. The predicted molar refractivity (Wildman–Crippen MR) is 63.9 cm³/mol. The molecular formula is C10H4F2IN3O. The molecule has 0 bridgehead atoms. The van der Waals surface area contributed by atoms with Gasteiger partial charge in [-0.05, 0) is 34.7 Å². The van der Waals surface area contributed by atoms with Gasteiger partial charge in [-0.25, -0.2) is 13.8 Å². The van der Waals surface area contributed by atoms with E-state index in [9.17, 15) is 13.6 Å². The lowest BCUT2D eigenvalue weighted by Crippen LogP contribution is -2.20. The van der Waals surface area contributed by atoms with Crippen LogP contribution >= 0.6 is 22.6 Å². The number of pyridine rings is 1. The normalized spacial score (nSPS) is 10.8. The van der Waals surface area contributed by atoms with Gasteiger partial charge in [-0.3, -0.25) is 9.20 Å². The minimum Gasteiger partial charge on any atom is -0.268 e. The third kappa shape index (κ3) is 2.00. The summed E-state index contributed by atoms with van der Waals surface area (Å²) in [6, 6.07) is 4.58. The van der Waals surface area contributed by atoms with E-state index in [0.717, 1.165) is 4.40 Å². The standard InChI is InChI=1S/C10H4F2IN3O/c11-9(12)8-7(13)10(17)16-2-1-5(4-14)3-6(16)15-8/h1-3,9H. The average molecular weight is 347 g/mol. The van der Waals surface area contributed by atoms with Crippen LogP contribution in [0.25, 0.3) is 5.65 Å². The van der Waals surface area contributed by atoms with Gasteiger partial charge >= 0.3 is 0 Å². The van der Waals surface area contributed by atoms with Crippen LogP contribution in [0.3, 0.4) is 0 Å². The molecule has 0 aromatic carbocycles. The fourth-order valence-corrected chi connectivity index (χ4v) is 1.96. The Labute approximate surface area is 108 Å². The zero-order valence-corrected chi connectivity index (χ0v) is 10.4. The Balaban J connectivity index is 2.88. The first-order valence-corrected chi connectivity index (χ1v) is 5.52. The van der Waals surface area contributed by atoms with Crippen molar-refractivity contribution >= 4 is 28.2 Å². The molecule has 7 heteroatoms. The minimum absolute atomic E-state index is 0.0461. The van der Waals surface area contributed by atoms with E-state index in [1.165, 1.54) is 18.3 Å². The third-order valence-corrected chi connectivity index (χ3v) is 3.15. The fourth-order valence-electron chi connectivity index (χ4n) is 1.35. The van der Waals surface area contributed by atoms with Crippen LogP contribution in [0.5, 0.6) is 0 Å². The molecule has 0 unspecified atom stereocenters. The predicted octanol–water partition coefficient (Wildman–Crippen LogP) is 2.11. The summed E-state index contributed by atoms with van der Waals surface area (Å²) in [4.78, 5) is 15.5. The topological polar surface area (TPSA) is 58.2 Å². The van der Waals surface area contributed by atoms with Gasteiger partial charge in [0.1, 0.15) is 14.9 Å². The first-order valence-electron chi connectivity index (χ1n) is 4.44. The van der Waals surface area contributed by atoms with Gasteiger partial charge in [0.25, 0.3) is 12.0 Å². The quantitative estimate of drug-likeness (QED) is 0.743. The Kier molecular flexibility index (Phi) is 3.06. The zero-order chi connectivity index (χ0) is 12.6. The summed E-state index contributed by atoms with van der Waals surface area (Å²) in [5.74, 6) is 0. The van der Waals surface area contributed by atoms with E-state index in [0.29, 0.717) is 0 Å². The van der Waals surface area contributed by atoms with Crippen molar-refractivity contribution in [2.45, 2.75) is 6.43 Å². The highest BCUT2D eigenvalue weighted by Gasteiger charge is 2.18. The van der Waals surface area contributed by atoms with Crippen LogP contribution in [0.15, 0.2) is 23.1 Å². The van der Waals surface area contributed by atoms with Crippen molar-refractivity contribution in [1.29, 1.82) is 5.26 Å². The highest BCUT2D eigenvalue weighted by molar-refractivity contribution is 14.1. The largest absolute Gasteiger partial charge is 0.281 e. The number of alkyl halides is 2. The van der Waals surface area contributed by atoms with Gasteiger partial charge in [-0.1, -0.05) is 0 Å². The first kappa shape index (κ1) is 11.9. The lowest BCUT2D eigenvalue weighted by molar-refractivity contribution is 0.145. The van der Waals surface area contributed by atoms with Gasteiger partial charge in [-0.2, -0.15) is 5.26 Å². The Bertz CT molecular complexity index is 690. The van der Waals surface area contributed by atoms with Gasteiger partial charge in [0.15, 0.2) is 0 Å². The molecule has 0 amide bonds. The summed E-state index contributed by atoms with van der Waals surface area (Å²) in [5.41, 5.74) is -0.802. The third-order valence-electron chi connectivity index (χ3n) is 2.14. The maximum absolute atomic E-state index is 12.6. The second-order valence-corrected chi connectivity index (χ2v) is 4.25. The molecule has 17 heavy (non-hydrogen) atoms. The average Bonchev–Trinajstić information content (AvgIpc) is 2.32. The van der Waals surface area contributed by atoms with E-state index in [-0.39, 0.29) is 14.8 Å². The highest BCUT2D eigenvalue weighted by atomic mass is 127. The molecule has 0 saturated carbocycles. The maximum Gasteiger partial charge on any atom is 0.281 e. The van der Waals surface area contributed by atoms with Crippen LogP contribution in [-0.2, 0) is 0 Å². The van der Waals surface area contributed by atoms with Crippen LogP contribution < -0.4 is 5.56 Å². The van der Waals surface area contributed by atoms with Crippen molar-refractivity contribution < 1.29 is 8.78 Å². The molecule has 0 atom stereocenters. The van der Waals surface area contributed by atoms with E-state index in [4.69, 9.17) is 5.26 Å². The van der Waals surface area contributed by atoms with Crippen LogP contribution in [-0.4, -0.2) is 9.38 Å². The molecule has 2 rings (SSSR count). The van der Waals surface area contributed by atoms with Crippen molar-refractivity contribution in [3.05, 3.63) is 43.5 Å². The van der Waals surface area contributed by atoms with Crippen molar-refractivity contribution in [2.75, 3.05) is 0 Å². The second-order valence-electron chi connectivity index (χ2n) is 3.17. The van der Waals surface area contributed by atoms with Crippen LogP contribution in [0, 0.1) is 14.9 Å². The summed E-state index contributed by atoms with van der Waals surface area (Å²) < 4.78 is 26.3. The number of fused-ring (bicyclic) bond motifs is 1. The zero-order valence-electron chi connectivity index (χ0n) is 8.19. The Hall–Kier alpha value is -1.56. The number of hydrogen-bond acceptors (Lipinski definition) is 3. The van der Waals surface area contributed by atoms with Gasteiger partial charge < -0.3 is 0 Å². The molecule has 86 valence electrons. The van der Waals surface area contributed by atoms with Gasteiger partial charge in [0, 0.05) is 6.20 Å².